The number of ether oxygens (including phenoxy) is 5. The largest absolute Gasteiger partial charge is 0.387 e. The fraction of sp³-hybridized carbons (Fsp3) is 0.353. The first-order chi connectivity index (χ1) is 21.7. The maximum absolute atomic E-state index is 14.2. The molecule has 4 atom stereocenters. The minimum Gasteiger partial charge on any atom is -0.387 e. The molecule has 1 aromatic heterocycles. The Hall–Kier alpha value is -3.94. The summed E-state index contributed by atoms with van der Waals surface area (Å²) in [4.78, 5) is 18.4. The lowest BCUT2D eigenvalue weighted by atomic mass is 9.60. The van der Waals surface area contributed by atoms with E-state index in [1.165, 1.54) is 32.1 Å². The molecule has 11 nitrogen and oxygen atoms in total. The number of rotatable bonds is 12. The second-order valence-corrected chi connectivity index (χ2v) is 10.9. The number of methoxy groups -OCH3 is 3. The molecule has 0 radical (unpaired) electrons. The molecule has 4 N–H and O–H groups in total. The molecule has 1 aliphatic rings. The summed E-state index contributed by atoms with van der Waals surface area (Å²) in [7, 11) is 3.97. The van der Waals surface area contributed by atoms with Crippen LogP contribution in [0.4, 0.5) is 5.82 Å². The van der Waals surface area contributed by atoms with Gasteiger partial charge < -0.3 is 39.6 Å². The zero-order valence-electron chi connectivity index (χ0n) is 25.7. The second kappa shape index (κ2) is 13.2. The van der Waals surface area contributed by atoms with E-state index in [9.17, 15) is 15.0 Å². The van der Waals surface area contributed by atoms with Crippen molar-refractivity contribution in [3.05, 3.63) is 130 Å². The maximum atomic E-state index is 14.2. The highest BCUT2D eigenvalue weighted by molar-refractivity contribution is 5.55. The predicted molar refractivity (Wildman–Crippen MR) is 166 cm³/mol. The molecule has 0 saturated carbocycles. The first kappa shape index (κ1) is 32.5. The summed E-state index contributed by atoms with van der Waals surface area (Å²) in [6.45, 7) is 1.87. The third-order valence-electron chi connectivity index (χ3n) is 8.51. The number of aliphatic hydroxyl groups excluding tert-OH is 1. The van der Waals surface area contributed by atoms with E-state index >= 15 is 0 Å². The van der Waals surface area contributed by atoms with Crippen LogP contribution in [0.5, 0.6) is 0 Å². The van der Waals surface area contributed by atoms with E-state index in [1.807, 2.05) is 91.0 Å². The Bertz CT molecular complexity index is 1520. The van der Waals surface area contributed by atoms with Gasteiger partial charge in [-0.05, 0) is 23.6 Å². The van der Waals surface area contributed by atoms with Gasteiger partial charge in [0.2, 0.25) is 0 Å². The summed E-state index contributed by atoms with van der Waals surface area (Å²) < 4.78 is 30.9. The van der Waals surface area contributed by atoms with Crippen LogP contribution in [0.15, 0.2) is 102 Å². The zero-order valence-corrected chi connectivity index (χ0v) is 25.7. The number of nitrogens with two attached hydrogens (primary N) is 1. The first-order valence-electron chi connectivity index (χ1n) is 14.5. The van der Waals surface area contributed by atoms with Crippen LogP contribution in [0.3, 0.4) is 0 Å². The van der Waals surface area contributed by atoms with Crippen LogP contribution in [-0.2, 0) is 34.8 Å². The highest BCUT2D eigenvalue weighted by Gasteiger charge is 2.72. The first-order valence-corrected chi connectivity index (χ1v) is 14.5. The van der Waals surface area contributed by atoms with Crippen molar-refractivity contribution in [3.8, 4) is 0 Å². The fourth-order valence-corrected chi connectivity index (χ4v) is 6.46. The summed E-state index contributed by atoms with van der Waals surface area (Å²) in [6, 6.07) is 28.4. The molecule has 0 aliphatic carbocycles. The van der Waals surface area contributed by atoms with Crippen LogP contribution < -0.4 is 11.4 Å². The van der Waals surface area contributed by atoms with Crippen molar-refractivity contribution in [1.29, 1.82) is 0 Å². The molecular weight excluding hydrogens is 578 g/mol. The van der Waals surface area contributed by atoms with Crippen molar-refractivity contribution in [2.45, 2.75) is 42.3 Å². The van der Waals surface area contributed by atoms with E-state index in [2.05, 4.69) is 4.98 Å². The number of hydrogen-bond donors (Lipinski definition) is 3. The van der Waals surface area contributed by atoms with Crippen molar-refractivity contribution >= 4 is 5.82 Å². The second-order valence-electron chi connectivity index (χ2n) is 10.9. The fourth-order valence-electron chi connectivity index (χ4n) is 6.46. The highest BCUT2D eigenvalue weighted by Crippen LogP contribution is 2.58. The lowest BCUT2D eigenvalue weighted by Gasteiger charge is -2.52. The molecule has 45 heavy (non-hydrogen) atoms. The Morgan fingerprint density at radius 1 is 0.889 bits per heavy atom. The maximum Gasteiger partial charge on any atom is 0.351 e. The smallest absolute Gasteiger partial charge is 0.351 e. The Kier molecular flexibility index (Phi) is 9.52. The molecule has 1 saturated heterocycles. The number of aryl methyl sites for hydroxylation is 1. The topological polar surface area (TPSA) is 148 Å². The van der Waals surface area contributed by atoms with E-state index in [1.54, 1.807) is 6.92 Å². The number of nitrogens with zero attached hydrogens (tertiary/aromatic N) is 2. The van der Waals surface area contributed by atoms with Gasteiger partial charge in [0.05, 0.1) is 18.6 Å². The molecule has 2 heterocycles. The minimum atomic E-state index is -2.46. The number of hydrogen-bond acceptors (Lipinski definition) is 10. The number of aromatic nitrogens is 2. The van der Waals surface area contributed by atoms with Crippen LogP contribution in [0.25, 0.3) is 0 Å². The van der Waals surface area contributed by atoms with Crippen LogP contribution in [-0.4, -0.2) is 78.6 Å². The highest BCUT2D eigenvalue weighted by atomic mass is 16.8. The average molecular weight is 618 g/mol. The van der Waals surface area contributed by atoms with Crippen LogP contribution in [0.2, 0.25) is 0 Å². The van der Waals surface area contributed by atoms with Gasteiger partial charge in [-0.25, -0.2) is 4.79 Å². The molecular formula is C34H39N3O8. The van der Waals surface area contributed by atoms with Crippen molar-refractivity contribution in [1.82, 2.24) is 9.55 Å². The van der Waals surface area contributed by atoms with Crippen molar-refractivity contribution in [3.63, 3.8) is 0 Å². The van der Waals surface area contributed by atoms with Crippen LogP contribution in [0, 0.1) is 6.92 Å². The van der Waals surface area contributed by atoms with Crippen LogP contribution >= 0.6 is 0 Å². The molecule has 1 fully saturated rings. The molecule has 0 spiro atoms. The Balaban J connectivity index is 2.04. The monoisotopic (exact) mass is 617 g/mol. The molecule has 5 rings (SSSR count). The van der Waals surface area contributed by atoms with Gasteiger partial charge in [0.15, 0.2) is 11.8 Å². The van der Waals surface area contributed by atoms with Crippen molar-refractivity contribution < 1.29 is 33.9 Å². The predicted octanol–water partition coefficient (Wildman–Crippen LogP) is 2.55. The normalized spacial score (nSPS) is 22.0. The van der Waals surface area contributed by atoms with Gasteiger partial charge >= 0.3 is 11.7 Å². The van der Waals surface area contributed by atoms with Gasteiger partial charge in [0.25, 0.3) is 0 Å². The minimum absolute atomic E-state index is 0.000960. The van der Waals surface area contributed by atoms with E-state index < -0.39 is 41.1 Å². The van der Waals surface area contributed by atoms with Crippen molar-refractivity contribution in [2.75, 3.05) is 40.3 Å². The van der Waals surface area contributed by atoms with Gasteiger partial charge in [-0.2, -0.15) is 4.98 Å². The molecule has 3 aromatic carbocycles. The van der Waals surface area contributed by atoms with E-state index in [-0.39, 0.29) is 19.0 Å². The Morgan fingerprint density at radius 2 is 1.38 bits per heavy atom. The van der Waals surface area contributed by atoms with Crippen molar-refractivity contribution in [2.24, 2.45) is 0 Å². The van der Waals surface area contributed by atoms with Gasteiger partial charge in [0, 0.05) is 33.1 Å². The quantitative estimate of drug-likeness (QED) is 0.123. The zero-order chi connectivity index (χ0) is 32.2. The Labute approximate surface area is 261 Å². The number of nitrogen functional groups attached to an aromatic ring is 1. The molecule has 1 aliphatic heterocycles. The van der Waals surface area contributed by atoms with E-state index in [0.29, 0.717) is 22.3 Å². The molecule has 4 aromatic rings. The number of benzene rings is 3. The Morgan fingerprint density at radius 3 is 1.82 bits per heavy atom. The van der Waals surface area contributed by atoms with E-state index in [0.717, 1.165) is 0 Å². The molecule has 11 heteroatoms. The third-order valence-corrected chi connectivity index (χ3v) is 8.51. The van der Waals surface area contributed by atoms with E-state index in [4.69, 9.17) is 29.4 Å². The van der Waals surface area contributed by atoms with Gasteiger partial charge in [0.1, 0.15) is 18.0 Å². The molecule has 0 amide bonds. The summed E-state index contributed by atoms with van der Waals surface area (Å²) in [5, 5.41) is 23.8. The standard InChI is InChI=1S/C34H39N3O8/c1-23-22-37(31(39)36-30(23)35)33(28(44-21-20-41-2)27(38)29(45-33)34(40,42-3)43-4)32(24-14-8-5-9-15-24,25-16-10-6-11-17-25)26-18-12-7-13-19-26/h5-19,22,27-29,38,40H,20-21H2,1-4H3,(H2,35,36,39)/t27-,28+,29-,33-/m0/s1. The average Bonchev–Trinajstić information content (AvgIpc) is 3.37. The summed E-state index contributed by atoms with van der Waals surface area (Å²) >= 11 is 0. The number of aliphatic hydroxyl groups is 2. The van der Waals surface area contributed by atoms with Crippen LogP contribution in [0.1, 0.15) is 22.3 Å². The number of anilines is 1. The molecule has 238 valence electrons. The van der Waals surface area contributed by atoms with Gasteiger partial charge in [-0.1, -0.05) is 91.0 Å². The SMILES string of the molecule is COCCO[C@@H]1[C@H](O)[C@@H](C(O)(OC)OC)O[C@]1(n1cc(C)c(N)nc1=O)C(c1ccccc1)(c1ccccc1)c1ccccc1. The lowest BCUT2D eigenvalue weighted by molar-refractivity contribution is -0.396. The summed E-state index contributed by atoms with van der Waals surface area (Å²) in [5.74, 6) is -2.42. The summed E-state index contributed by atoms with van der Waals surface area (Å²) in [5.41, 5.74) is 4.44. The lowest BCUT2D eigenvalue weighted by Crippen LogP contribution is -2.65. The third kappa shape index (κ3) is 5.26. The van der Waals surface area contributed by atoms with Gasteiger partial charge in [-0.15, -0.1) is 0 Å². The molecule has 0 unspecified atom stereocenters. The van der Waals surface area contributed by atoms with Gasteiger partial charge in [-0.3, -0.25) is 4.57 Å². The summed E-state index contributed by atoms with van der Waals surface area (Å²) in [6.07, 6.45) is -3.04. The molecule has 0 bridgehead atoms.